The smallest absolute Gasteiger partial charge is 0.00254 e. The van der Waals surface area contributed by atoms with Gasteiger partial charge in [0.15, 0.2) is 0 Å². The van der Waals surface area contributed by atoms with Crippen LogP contribution in [0.2, 0.25) is 0 Å². The molecule has 2 aliphatic rings. The largest absolute Gasteiger partial charge is 0.316 e. The maximum atomic E-state index is 3.60. The van der Waals surface area contributed by atoms with E-state index in [1.807, 2.05) is 0 Å². The summed E-state index contributed by atoms with van der Waals surface area (Å²) in [6, 6.07) is 11.1. The summed E-state index contributed by atoms with van der Waals surface area (Å²) in [5, 5.41) is 3.60. The number of rotatable bonds is 3. The predicted molar refractivity (Wildman–Crippen MR) is 76.7 cm³/mol. The Hall–Kier alpha value is -0.820. The molecule has 3 rings (SSSR count). The predicted octanol–water partition coefficient (Wildman–Crippen LogP) is 3.96. The first-order valence-corrected chi connectivity index (χ1v) is 7.54. The normalized spacial score (nSPS) is 33.1. The third kappa shape index (κ3) is 2.33. The Labute approximate surface area is 111 Å². The van der Waals surface area contributed by atoms with Crippen LogP contribution in [0.3, 0.4) is 0 Å². The molecule has 0 radical (unpaired) electrons. The fourth-order valence-corrected chi connectivity index (χ4v) is 3.85. The zero-order chi connectivity index (χ0) is 12.4. The van der Waals surface area contributed by atoms with E-state index in [9.17, 15) is 0 Å². The average molecular weight is 243 g/mol. The number of benzene rings is 1. The summed E-state index contributed by atoms with van der Waals surface area (Å²) < 4.78 is 0. The fourth-order valence-electron chi connectivity index (χ4n) is 3.85. The molecule has 0 amide bonds. The molecule has 98 valence electrons. The molecule has 0 spiro atoms. The van der Waals surface area contributed by atoms with Crippen molar-refractivity contribution in [3.05, 3.63) is 35.9 Å². The SMILES string of the molecule is CC1(CC2CCC2)CCNCC1c1ccccc1. The van der Waals surface area contributed by atoms with Crippen LogP contribution < -0.4 is 5.32 Å². The number of nitrogens with one attached hydrogen (secondary N) is 1. The average Bonchev–Trinajstić information content (AvgIpc) is 2.36. The summed E-state index contributed by atoms with van der Waals surface area (Å²) in [7, 11) is 0. The van der Waals surface area contributed by atoms with Gasteiger partial charge in [-0.25, -0.2) is 0 Å². The van der Waals surface area contributed by atoms with E-state index in [4.69, 9.17) is 0 Å². The summed E-state index contributed by atoms with van der Waals surface area (Å²) in [5.41, 5.74) is 2.05. The Balaban J connectivity index is 1.80. The summed E-state index contributed by atoms with van der Waals surface area (Å²) in [6.45, 7) is 4.89. The molecule has 1 saturated carbocycles. The summed E-state index contributed by atoms with van der Waals surface area (Å²) >= 11 is 0. The van der Waals surface area contributed by atoms with Crippen molar-refractivity contribution in [1.82, 2.24) is 5.32 Å². The Morgan fingerprint density at radius 3 is 2.67 bits per heavy atom. The molecule has 1 heteroatoms. The molecule has 0 aromatic heterocycles. The van der Waals surface area contributed by atoms with E-state index >= 15 is 0 Å². The molecule has 1 nitrogen and oxygen atoms in total. The molecule has 18 heavy (non-hydrogen) atoms. The maximum Gasteiger partial charge on any atom is 0.00254 e. The van der Waals surface area contributed by atoms with Crippen molar-refractivity contribution in [2.45, 2.75) is 44.9 Å². The molecule has 1 aliphatic heterocycles. The molecular formula is C17H25N. The van der Waals surface area contributed by atoms with Crippen LogP contribution in [-0.2, 0) is 0 Å². The number of hydrogen-bond acceptors (Lipinski definition) is 1. The van der Waals surface area contributed by atoms with Crippen molar-refractivity contribution < 1.29 is 0 Å². The van der Waals surface area contributed by atoms with Crippen molar-refractivity contribution in [3.63, 3.8) is 0 Å². The first-order chi connectivity index (χ1) is 8.78. The molecule has 2 unspecified atom stereocenters. The first kappa shape index (κ1) is 12.2. The van der Waals surface area contributed by atoms with Gasteiger partial charge in [0.25, 0.3) is 0 Å². The van der Waals surface area contributed by atoms with Gasteiger partial charge < -0.3 is 5.32 Å². The molecule has 2 fully saturated rings. The minimum absolute atomic E-state index is 0.512. The van der Waals surface area contributed by atoms with Gasteiger partial charge in [0.2, 0.25) is 0 Å². The van der Waals surface area contributed by atoms with E-state index in [1.54, 1.807) is 0 Å². The highest BCUT2D eigenvalue weighted by molar-refractivity contribution is 5.23. The van der Waals surface area contributed by atoms with Crippen molar-refractivity contribution in [3.8, 4) is 0 Å². The summed E-state index contributed by atoms with van der Waals surface area (Å²) in [4.78, 5) is 0. The van der Waals surface area contributed by atoms with E-state index in [1.165, 1.54) is 44.2 Å². The van der Waals surface area contributed by atoms with Crippen LogP contribution >= 0.6 is 0 Å². The van der Waals surface area contributed by atoms with Gasteiger partial charge in [-0.15, -0.1) is 0 Å². The lowest BCUT2D eigenvalue weighted by atomic mass is 9.62. The molecule has 1 aliphatic carbocycles. The Bertz CT molecular complexity index is 382. The Kier molecular flexibility index (Phi) is 3.43. The highest BCUT2D eigenvalue weighted by atomic mass is 14.9. The minimum Gasteiger partial charge on any atom is -0.316 e. The monoisotopic (exact) mass is 243 g/mol. The van der Waals surface area contributed by atoms with Gasteiger partial charge in [-0.2, -0.15) is 0 Å². The standard InChI is InChI=1S/C17H25N/c1-17(12-14-6-5-7-14)10-11-18-13-16(17)15-8-3-2-4-9-15/h2-4,8-9,14,16,18H,5-7,10-13H2,1H3. The van der Waals surface area contributed by atoms with Crippen molar-refractivity contribution >= 4 is 0 Å². The van der Waals surface area contributed by atoms with E-state index in [-0.39, 0.29) is 0 Å². The van der Waals surface area contributed by atoms with Crippen LogP contribution in [0.25, 0.3) is 0 Å². The summed E-state index contributed by atoms with van der Waals surface area (Å²) in [6.07, 6.45) is 7.20. The van der Waals surface area contributed by atoms with Crippen molar-refractivity contribution in [2.24, 2.45) is 11.3 Å². The molecular weight excluding hydrogens is 218 g/mol. The Morgan fingerprint density at radius 2 is 2.00 bits per heavy atom. The molecule has 1 aromatic rings. The molecule has 1 N–H and O–H groups in total. The highest BCUT2D eigenvalue weighted by Crippen LogP contribution is 2.48. The van der Waals surface area contributed by atoms with Crippen molar-refractivity contribution in [2.75, 3.05) is 13.1 Å². The number of piperidine rings is 1. The Morgan fingerprint density at radius 1 is 1.22 bits per heavy atom. The van der Waals surface area contributed by atoms with E-state index < -0.39 is 0 Å². The van der Waals surface area contributed by atoms with Gasteiger partial charge in [0.1, 0.15) is 0 Å². The van der Waals surface area contributed by atoms with E-state index in [2.05, 4.69) is 42.6 Å². The van der Waals surface area contributed by atoms with Gasteiger partial charge in [0.05, 0.1) is 0 Å². The summed E-state index contributed by atoms with van der Waals surface area (Å²) in [5.74, 6) is 1.72. The van der Waals surface area contributed by atoms with Crippen LogP contribution in [0.4, 0.5) is 0 Å². The maximum absolute atomic E-state index is 3.60. The van der Waals surface area contributed by atoms with Gasteiger partial charge in [-0.1, -0.05) is 56.5 Å². The topological polar surface area (TPSA) is 12.0 Å². The van der Waals surface area contributed by atoms with Gasteiger partial charge in [-0.3, -0.25) is 0 Å². The van der Waals surface area contributed by atoms with Crippen LogP contribution in [0.15, 0.2) is 30.3 Å². The van der Waals surface area contributed by atoms with Gasteiger partial charge >= 0.3 is 0 Å². The highest BCUT2D eigenvalue weighted by Gasteiger charge is 2.39. The lowest BCUT2D eigenvalue weighted by molar-refractivity contribution is 0.111. The van der Waals surface area contributed by atoms with Crippen molar-refractivity contribution in [1.29, 1.82) is 0 Å². The zero-order valence-electron chi connectivity index (χ0n) is 11.5. The van der Waals surface area contributed by atoms with Gasteiger partial charge in [-0.05, 0) is 36.3 Å². The lowest BCUT2D eigenvalue weighted by Gasteiger charge is -2.46. The second-order valence-corrected chi connectivity index (χ2v) is 6.57. The van der Waals surface area contributed by atoms with Crippen LogP contribution in [0.5, 0.6) is 0 Å². The number of hydrogen-bond donors (Lipinski definition) is 1. The molecule has 1 saturated heterocycles. The third-order valence-electron chi connectivity index (χ3n) is 5.24. The van der Waals surface area contributed by atoms with Gasteiger partial charge in [0, 0.05) is 12.5 Å². The minimum atomic E-state index is 0.512. The lowest BCUT2D eigenvalue weighted by Crippen LogP contribution is -2.43. The zero-order valence-corrected chi connectivity index (χ0v) is 11.5. The third-order valence-corrected chi connectivity index (χ3v) is 5.24. The molecule has 0 bridgehead atoms. The second kappa shape index (κ2) is 5.05. The van der Waals surface area contributed by atoms with Crippen LogP contribution in [0.1, 0.15) is 50.5 Å². The van der Waals surface area contributed by atoms with E-state index in [0.717, 1.165) is 12.5 Å². The van der Waals surface area contributed by atoms with Crippen LogP contribution in [0, 0.1) is 11.3 Å². The second-order valence-electron chi connectivity index (χ2n) is 6.57. The molecule has 1 heterocycles. The quantitative estimate of drug-likeness (QED) is 0.847. The first-order valence-electron chi connectivity index (χ1n) is 7.54. The fraction of sp³-hybridized carbons (Fsp3) is 0.647. The molecule has 2 atom stereocenters. The molecule has 1 aromatic carbocycles. The van der Waals surface area contributed by atoms with Crippen LogP contribution in [-0.4, -0.2) is 13.1 Å². The van der Waals surface area contributed by atoms with E-state index in [0.29, 0.717) is 11.3 Å².